The van der Waals surface area contributed by atoms with Gasteiger partial charge in [-0.15, -0.1) is 0 Å². The smallest absolute Gasteiger partial charge is 0.313 e. The first-order chi connectivity index (χ1) is 3.39. The molecule has 0 spiro atoms. The van der Waals surface area contributed by atoms with Crippen LogP contribution in [0.4, 0.5) is 4.39 Å². The minimum atomic E-state index is -1.59. The Balaban J connectivity index is 2.12. The highest BCUT2D eigenvalue weighted by Gasteiger charge is 2.10. The Kier molecular flexibility index (Phi) is 1.56. The maximum Gasteiger partial charge on any atom is 0.313 e. The van der Waals surface area contributed by atoms with Gasteiger partial charge in [0.25, 0.3) is 0 Å². The van der Waals surface area contributed by atoms with Crippen LogP contribution >= 0.6 is 0 Å². The molecule has 42 valence electrons. The van der Waals surface area contributed by atoms with Crippen LogP contribution in [0.25, 0.3) is 0 Å². The van der Waals surface area contributed by atoms with Gasteiger partial charge in [0.2, 0.25) is 0 Å². The van der Waals surface area contributed by atoms with Crippen molar-refractivity contribution in [2.24, 2.45) is 0 Å². The monoisotopic (exact) mass is 108 g/mol. The lowest BCUT2D eigenvalue weighted by atomic mass is 11.1. The van der Waals surface area contributed by atoms with Crippen molar-refractivity contribution in [1.29, 1.82) is 0 Å². The normalized spacial score (nSPS) is 25.3. The van der Waals surface area contributed by atoms with Gasteiger partial charge in [0.15, 0.2) is 13.6 Å². The second kappa shape index (κ2) is 2.20. The largest absolute Gasteiger partial charge is 0.329 e. The maximum absolute atomic E-state index is 11.7. The summed E-state index contributed by atoms with van der Waals surface area (Å²) < 4.78 is 24.4. The molecule has 0 aromatic rings. The second-order valence-electron chi connectivity index (χ2n) is 1.05. The van der Waals surface area contributed by atoms with E-state index >= 15 is 0 Å². The summed E-state index contributed by atoms with van der Waals surface area (Å²) >= 11 is 0. The van der Waals surface area contributed by atoms with Gasteiger partial charge in [-0.1, -0.05) is 0 Å². The summed E-state index contributed by atoms with van der Waals surface area (Å²) in [7, 11) is 0. The third-order valence-corrected chi connectivity index (χ3v) is 0.565. The standard InChI is InChI=1S/C3H5FO3/c4-3-6-1-5-2-7-3/h3H,1-2H2. The summed E-state index contributed by atoms with van der Waals surface area (Å²) in [5, 5.41) is 0. The zero-order chi connectivity index (χ0) is 5.11. The molecule has 7 heavy (non-hydrogen) atoms. The topological polar surface area (TPSA) is 27.7 Å². The van der Waals surface area contributed by atoms with Crippen LogP contribution in [0.1, 0.15) is 0 Å². The number of alkyl halides is 1. The quantitative estimate of drug-likeness (QED) is 0.444. The van der Waals surface area contributed by atoms with Gasteiger partial charge >= 0.3 is 6.54 Å². The molecule has 0 saturated carbocycles. The van der Waals surface area contributed by atoms with E-state index in [4.69, 9.17) is 0 Å². The van der Waals surface area contributed by atoms with E-state index in [9.17, 15) is 4.39 Å². The van der Waals surface area contributed by atoms with E-state index in [1.807, 2.05) is 0 Å². The minimum absolute atomic E-state index is 0.0127. The summed E-state index contributed by atoms with van der Waals surface area (Å²) in [6.45, 7) is -1.61. The Labute approximate surface area is 40.0 Å². The lowest BCUT2D eigenvalue weighted by molar-refractivity contribution is -0.342. The molecule has 1 rings (SSSR count). The molecule has 0 aromatic heterocycles. The number of rotatable bonds is 0. The van der Waals surface area contributed by atoms with E-state index < -0.39 is 6.54 Å². The summed E-state index contributed by atoms with van der Waals surface area (Å²) in [6, 6.07) is 0. The van der Waals surface area contributed by atoms with E-state index in [0.29, 0.717) is 0 Å². The number of ether oxygens (including phenoxy) is 3. The Morgan fingerprint density at radius 1 is 1.29 bits per heavy atom. The third-order valence-electron chi connectivity index (χ3n) is 0.565. The molecular weight excluding hydrogens is 103 g/mol. The first-order valence-corrected chi connectivity index (χ1v) is 1.84. The fourth-order valence-corrected chi connectivity index (χ4v) is 0.285. The fourth-order valence-electron chi connectivity index (χ4n) is 0.285. The van der Waals surface area contributed by atoms with E-state index in [-0.39, 0.29) is 13.6 Å². The van der Waals surface area contributed by atoms with E-state index in [0.717, 1.165) is 0 Å². The number of halogens is 1. The van der Waals surface area contributed by atoms with E-state index in [1.54, 1.807) is 0 Å². The molecule has 4 heteroatoms. The molecule has 0 amide bonds. The predicted molar refractivity (Wildman–Crippen MR) is 17.9 cm³/mol. The molecular formula is C3H5FO3. The van der Waals surface area contributed by atoms with Crippen molar-refractivity contribution < 1.29 is 18.6 Å². The van der Waals surface area contributed by atoms with Gasteiger partial charge < -0.3 is 4.74 Å². The number of hydrogen-bond acceptors (Lipinski definition) is 3. The molecule has 0 atom stereocenters. The first kappa shape index (κ1) is 4.96. The minimum Gasteiger partial charge on any atom is -0.329 e. The van der Waals surface area contributed by atoms with Crippen LogP contribution in [0.2, 0.25) is 0 Å². The van der Waals surface area contributed by atoms with Crippen LogP contribution in [0, 0.1) is 0 Å². The van der Waals surface area contributed by atoms with Crippen LogP contribution in [-0.2, 0) is 14.2 Å². The van der Waals surface area contributed by atoms with Crippen molar-refractivity contribution in [3.8, 4) is 0 Å². The van der Waals surface area contributed by atoms with Gasteiger partial charge in [-0.25, -0.2) is 0 Å². The molecule has 0 aliphatic carbocycles. The van der Waals surface area contributed by atoms with Gasteiger partial charge in [0.05, 0.1) is 0 Å². The third kappa shape index (κ3) is 1.38. The molecule has 1 heterocycles. The Morgan fingerprint density at radius 3 is 2.14 bits per heavy atom. The molecule has 1 aliphatic heterocycles. The molecule has 0 radical (unpaired) electrons. The Bertz CT molecular complexity index is 52.1. The summed E-state index contributed by atoms with van der Waals surface area (Å²) in [5.74, 6) is 0. The van der Waals surface area contributed by atoms with Crippen molar-refractivity contribution in [2.75, 3.05) is 13.6 Å². The summed E-state index contributed by atoms with van der Waals surface area (Å²) in [4.78, 5) is 0. The van der Waals surface area contributed by atoms with Gasteiger partial charge in [-0.2, -0.15) is 4.39 Å². The average molecular weight is 108 g/mol. The molecule has 1 aliphatic rings. The zero-order valence-electron chi connectivity index (χ0n) is 3.59. The van der Waals surface area contributed by atoms with Crippen molar-refractivity contribution in [3.63, 3.8) is 0 Å². The molecule has 0 bridgehead atoms. The highest BCUT2D eigenvalue weighted by atomic mass is 19.2. The fraction of sp³-hybridized carbons (Fsp3) is 1.00. The SMILES string of the molecule is FC1OCOCO1. The Morgan fingerprint density at radius 2 is 1.86 bits per heavy atom. The van der Waals surface area contributed by atoms with Crippen molar-refractivity contribution >= 4 is 0 Å². The van der Waals surface area contributed by atoms with E-state index in [1.165, 1.54) is 0 Å². The highest BCUT2D eigenvalue weighted by Crippen LogP contribution is 2.01. The highest BCUT2D eigenvalue weighted by molar-refractivity contribution is 4.18. The van der Waals surface area contributed by atoms with Gasteiger partial charge in [-0.3, -0.25) is 9.47 Å². The Hall–Kier alpha value is -0.190. The van der Waals surface area contributed by atoms with Crippen molar-refractivity contribution in [1.82, 2.24) is 0 Å². The molecule has 1 saturated heterocycles. The van der Waals surface area contributed by atoms with Gasteiger partial charge in [-0.05, 0) is 0 Å². The van der Waals surface area contributed by atoms with Crippen molar-refractivity contribution in [3.05, 3.63) is 0 Å². The second-order valence-corrected chi connectivity index (χ2v) is 1.05. The summed E-state index contributed by atoms with van der Waals surface area (Å²) in [6.07, 6.45) is 0. The lowest BCUT2D eigenvalue weighted by Gasteiger charge is -2.15. The predicted octanol–water partition coefficient (Wildman–Crippen LogP) is 0.218. The zero-order valence-corrected chi connectivity index (χ0v) is 3.59. The lowest BCUT2D eigenvalue weighted by Crippen LogP contribution is -2.22. The van der Waals surface area contributed by atoms with Crippen LogP contribution in [0.3, 0.4) is 0 Å². The molecule has 0 aromatic carbocycles. The van der Waals surface area contributed by atoms with Crippen LogP contribution in [-0.4, -0.2) is 20.1 Å². The molecule has 0 N–H and O–H groups in total. The molecule has 0 unspecified atom stereocenters. The van der Waals surface area contributed by atoms with Gasteiger partial charge in [0.1, 0.15) is 0 Å². The molecule has 1 fully saturated rings. The van der Waals surface area contributed by atoms with Crippen molar-refractivity contribution in [2.45, 2.75) is 6.54 Å². The van der Waals surface area contributed by atoms with Crippen LogP contribution in [0.5, 0.6) is 0 Å². The average Bonchev–Trinajstić information content (AvgIpc) is 1.69. The van der Waals surface area contributed by atoms with Crippen LogP contribution < -0.4 is 0 Å². The summed E-state index contributed by atoms with van der Waals surface area (Å²) in [5.41, 5.74) is 0. The molecule has 3 nitrogen and oxygen atoms in total. The maximum atomic E-state index is 11.7. The van der Waals surface area contributed by atoms with Gasteiger partial charge in [0, 0.05) is 0 Å². The number of hydrogen-bond donors (Lipinski definition) is 0. The van der Waals surface area contributed by atoms with Crippen LogP contribution in [0.15, 0.2) is 0 Å². The first-order valence-electron chi connectivity index (χ1n) is 1.84. The van der Waals surface area contributed by atoms with E-state index in [2.05, 4.69) is 14.2 Å².